The number of rotatable bonds is 5. The number of aryl methyl sites for hydroxylation is 1. The molecule has 2 aliphatic rings. The fraction of sp³-hybridized carbons (Fsp3) is 0.391. The Kier molecular flexibility index (Phi) is 6.53. The Labute approximate surface area is 190 Å². The van der Waals surface area contributed by atoms with E-state index in [9.17, 15) is 20.0 Å². The lowest BCUT2D eigenvalue weighted by molar-refractivity contribution is -0.111. The average Bonchev–Trinajstić information content (AvgIpc) is 3.10. The van der Waals surface area contributed by atoms with Gasteiger partial charge in [-0.15, -0.1) is 11.3 Å². The van der Waals surface area contributed by atoms with Crippen molar-refractivity contribution in [1.82, 2.24) is 9.88 Å². The Morgan fingerprint density at radius 2 is 2.28 bits per heavy atom. The molecule has 2 N–H and O–H groups in total. The van der Waals surface area contributed by atoms with Gasteiger partial charge in [-0.1, -0.05) is 0 Å². The number of hydrogen-bond donors (Lipinski definition) is 2. The zero-order valence-electron chi connectivity index (χ0n) is 17.7. The van der Waals surface area contributed by atoms with E-state index in [2.05, 4.69) is 16.4 Å². The number of β-amino-alcohol motifs (C(OH)–C–C–N with tert-alkyl or cyclic N) is 1. The van der Waals surface area contributed by atoms with Crippen molar-refractivity contribution in [2.45, 2.75) is 32.3 Å². The minimum atomic E-state index is -0.452. The number of fused-ring (bicyclic) bond motifs is 1. The largest absolute Gasteiger partial charge is 0.449 e. The van der Waals surface area contributed by atoms with Crippen molar-refractivity contribution < 1.29 is 19.4 Å². The maximum Gasteiger partial charge on any atom is 0.409 e. The number of thiophene rings is 1. The molecule has 1 aliphatic carbocycles. The average molecular weight is 453 g/mol. The molecular weight excluding hydrogens is 428 g/mol. The molecule has 0 bridgehead atoms. The molecule has 2 amide bonds. The van der Waals surface area contributed by atoms with Crippen molar-refractivity contribution in [3.63, 3.8) is 0 Å². The Morgan fingerprint density at radius 1 is 1.47 bits per heavy atom. The number of pyridine rings is 1. The first-order chi connectivity index (χ1) is 15.4. The zero-order chi connectivity index (χ0) is 22.7. The number of carbonyl (C=O) groups is 2. The maximum atomic E-state index is 12.4. The van der Waals surface area contributed by atoms with Crippen LogP contribution in [0.15, 0.2) is 24.5 Å². The van der Waals surface area contributed by atoms with Crippen LogP contribution in [-0.4, -0.2) is 52.8 Å². The lowest BCUT2D eigenvalue weighted by atomic mass is 9.88. The van der Waals surface area contributed by atoms with Crippen LogP contribution in [0.1, 0.15) is 33.6 Å². The van der Waals surface area contributed by atoms with Crippen LogP contribution in [0.25, 0.3) is 6.08 Å². The van der Waals surface area contributed by atoms with Crippen LogP contribution >= 0.6 is 11.3 Å². The van der Waals surface area contributed by atoms with Crippen molar-refractivity contribution >= 4 is 34.4 Å². The van der Waals surface area contributed by atoms with E-state index in [1.807, 2.05) is 13.0 Å². The number of carbonyl (C=O) groups excluding carboxylic acids is 2. The second kappa shape index (κ2) is 9.51. The van der Waals surface area contributed by atoms with E-state index >= 15 is 0 Å². The highest BCUT2D eigenvalue weighted by Gasteiger charge is 2.31. The van der Waals surface area contributed by atoms with Gasteiger partial charge in [0.1, 0.15) is 11.1 Å². The molecule has 2 aromatic rings. The summed E-state index contributed by atoms with van der Waals surface area (Å²) in [6.07, 6.45) is 7.91. The summed E-state index contributed by atoms with van der Waals surface area (Å²) in [6.45, 7) is 2.89. The Bertz CT molecular complexity index is 1100. The van der Waals surface area contributed by atoms with Gasteiger partial charge in [0.05, 0.1) is 31.4 Å². The summed E-state index contributed by atoms with van der Waals surface area (Å²) in [4.78, 5) is 31.0. The third-order valence-electron chi connectivity index (χ3n) is 5.77. The number of likely N-dealkylation sites (tertiary alicyclic amines) is 1. The number of nitrogens with zero attached hydrogens (tertiary/aromatic N) is 3. The first-order valence-electron chi connectivity index (χ1n) is 10.5. The molecule has 0 radical (unpaired) electrons. The molecule has 0 saturated carbocycles. The van der Waals surface area contributed by atoms with E-state index in [1.165, 1.54) is 22.3 Å². The number of aliphatic hydroxyl groups excluding tert-OH is 1. The molecule has 4 rings (SSSR count). The third kappa shape index (κ3) is 4.82. The summed E-state index contributed by atoms with van der Waals surface area (Å²) in [6, 6.07) is 4.11. The van der Waals surface area contributed by atoms with Crippen molar-refractivity contribution in [3.05, 3.63) is 51.7 Å². The molecule has 0 spiro atoms. The van der Waals surface area contributed by atoms with Crippen molar-refractivity contribution in [2.24, 2.45) is 5.92 Å². The van der Waals surface area contributed by atoms with Gasteiger partial charge in [-0.3, -0.25) is 9.78 Å². The molecule has 1 aliphatic heterocycles. The number of anilines is 1. The summed E-state index contributed by atoms with van der Waals surface area (Å²) in [7, 11) is 0. The third-order valence-corrected chi connectivity index (χ3v) is 6.94. The van der Waals surface area contributed by atoms with Crippen LogP contribution in [0.4, 0.5) is 9.80 Å². The molecule has 0 aromatic carbocycles. The maximum absolute atomic E-state index is 12.4. The fourth-order valence-electron chi connectivity index (χ4n) is 3.86. The highest BCUT2D eigenvalue weighted by molar-refractivity contribution is 7.16. The van der Waals surface area contributed by atoms with Gasteiger partial charge in [0.25, 0.3) is 0 Å². The van der Waals surface area contributed by atoms with E-state index in [0.29, 0.717) is 43.1 Å². The van der Waals surface area contributed by atoms with Gasteiger partial charge in [-0.2, -0.15) is 5.26 Å². The summed E-state index contributed by atoms with van der Waals surface area (Å²) in [5.41, 5.74) is 3.38. The van der Waals surface area contributed by atoms with Crippen LogP contribution in [0, 0.1) is 24.2 Å². The van der Waals surface area contributed by atoms with Gasteiger partial charge in [0.2, 0.25) is 5.91 Å². The number of aromatic nitrogens is 1. The summed E-state index contributed by atoms with van der Waals surface area (Å²) in [5.74, 6) is -0.134. The minimum Gasteiger partial charge on any atom is -0.449 e. The number of aliphatic hydroxyl groups is 1. The van der Waals surface area contributed by atoms with Crippen LogP contribution in [0.5, 0.6) is 0 Å². The van der Waals surface area contributed by atoms with Crippen molar-refractivity contribution in [2.75, 3.05) is 25.0 Å². The van der Waals surface area contributed by atoms with Crippen LogP contribution in [0.3, 0.4) is 0 Å². The Balaban J connectivity index is 1.37. The van der Waals surface area contributed by atoms with Crippen LogP contribution < -0.4 is 5.32 Å². The molecule has 2 aromatic heterocycles. The van der Waals surface area contributed by atoms with E-state index in [1.54, 1.807) is 18.5 Å². The van der Waals surface area contributed by atoms with Crippen LogP contribution in [0.2, 0.25) is 0 Å². The summed E-state index contributed by atoms with van der Waals surface area (Å²) in [5, 5.41) is 22.4. The summed E-state index contributed by atoms with van der Waals surface area (Å²) < 4.78 is 5.39. The second-order valence-electron chi connectivity index (χ2n) is 8.12. The number of nitrogens with one attached hydrogen (secondary N) is 1. The van der Waals surface area contributed by atoms with E-state index in [4.69, 9.17) is 4.74 Å². The smallest absolute Gasteiger partial charge is 0.409 e. The van der Waals surface area contributed by atoms with Crippen LogP contribution in [-0.2, 0) is 22.4 Å². The van der Waals surface area contributed by atoms with Crippen molar-refractivity contribution in [3.8, 4) is 6.07 Å². The topological polar surface area (TPSA) is 116 Å². The number of amides is 2. The minimum absolute atomic E-state index is 0.167. The second-order valence-corrected chi connectivity index (χ2v) is 9.22. The molecule has 8 nitrogen and oxygen atoms in total. The molecule has 1 atom stereocenters. The molecular formula is C23H24N4O4S. The molecule has 32 heavy (non-hydrogen) atoms. The predicted molar refractivity (Wildman–Crippen MR) is 120 cm³/mol. The number of nitriles is 1. The molecule has 166 valence electrons. The Hall–Kier alpha value is -3.22. The lowest BCUT2D eigenvalue weighted by Crippen LogP contribution is -2.53. The monoisotopic (exact) mass is 452 g/mol. The van der Waals surface area contributed by atoms with Gasteiger partial charge in [0, 0.05) is 23.3 Å². The van der Waals surface area contributed by atoms with Gasteiger partial charge in [0.15, 0.2) is 0 Å². The quantitative estimate of drug-likeness (QED) is 0.674. The fourth-order valence-corrected chi connectivity index (χ4v) is 5.17. The highest BCUT2D eigenvalue weighted by atomic mass is 32.1. The summed E-state index contributed by atoms with van der Waals surface area (Å²) >= 11 is 1.42. The standard InChI is InChI=1S/C23H24N4O4S/c1-14-6-7-25-10-16(14)3-5-21(29)26-22-19(9-24)18-4-2-15(8-20(18)32-22)13-31-23(30)27-11-17(28)12-27/h3,5-7,10,15,17,28H,2,4,8,11-13H2,1H3,(H,26,29)/b5-3+. The Morgan fingerprint density at radius 3 is 3.00 bits per heavy atom. The van der Waals surface area contributed by atoms with Gasteiger partial charge < -0.3 is 20.1 Å². The molecule has 1 fully saturated rings. The SMILES string of the molecule is Cc1ccncc1/C=C/C(=O)Nc1sc2c(c1C#N)CCC(COC(=O)N1CC(O)C1)C2. The number of hydrogen-bond acceptors (Lipinski definition) is 7. The molecule has 1 saturated heterocycles. The van der Waals surface area contributed by atoms with E-state index in [-0.39, 0.29) is 11.8 Å². The number of ether oxygens (including phenoxy) is 1. The first-order valence-corrected chi connectivity index (χ1v) is 11.3. The molecule has 3 heterocycles. The van der Waals surface area contributed by atoms with Gasteiger partial charge in [-0.05, 0) is 60.9 Å². The highest BCUT2D eigenvalue weighted by Crippen LogP contribution is 2.39. The van der Waals surface area contributed by atoms with Crippen molar-refractivity contribution in [1.29, 1.82) is 5.26 Å². The van der Waals surface area contributed by atoms with Gasteiger partial charge in [-0.25, -0.2) is 4.79 Å². The predicted octanol–water partition coefficient (Wildman–Crippen LogP) is 2.89. The van der Waals surface area contributed by atoms with Gasteiger partial charge >= 0.3 is 6.09 Å². The normalized spacial score (nSPS) is 18.0. The first kappa shape index (κ1) is 22.0. The van der Waals surface area contributed by atoms with E-state index < -0.39 is 12.2 Å². The molecule has 1 unspecified atom stereocenters. The molecule has 9 heteroatoms. The lowest BCUT2D eigenvalue weighted by Gasteiger charge is -2.35. The zero-order valence-corrected chi connectivity index (χ0v) is 18.5. The van der Waals surface area contributed by atoms with E-state index in [0.717, 1.165) is 28.0 Å².